The average Bonchev–Trinajstić information content (AvgIpc) is 3.18. The quantitative estimate of drug-likeness (QED) is 0.753. The monoisotopic (exact) mass is 387 g/mol. The fourth-order valence-corrected chi connectivity index (χ4v) is 5.38. The number of hydrogen-bond donors (Lipinski definition) is 1. The Labute approximate surface area is 167 Å². The molecule has 4 fully saturated rings. The SMILES string of the molecule is C=CCN(C)C(=O)[C@H]1CN2CC[C@@H]1C[C@@H]2Cn1cc(C2(O)CCCCC2)nn1. The van der Waals surface area contributed by atoms with Crippen LogP contribution in [0.2, 0.25) is 0 Å². The summed E-state index contributed by atoms with van der Waals surface area (Å²) in [5.41, 5.74) is -0.0717. The summed E-state index contributed by atoms with van der Waals surface area (Å²) >= 11 is 0. The first kappa shape index (κ1) is 19.6. The number of aliphatic hydroxyl groups is 1. The molecule has 3 saturated heterocycles. The van der Waals surface area contributed by atoms with E-state index < -0.39 is 5.60 Å². The average molecular weight is 388 g/mol. The van der Waals surface area contributed by atoms with Crippen molar-refractivity contribution < 1.29 is 9.90 Å². The van der Waals surface area contributed by atoms with E-state index >= 15 is 0 Å². The highest BCUT2D eigenvalue weighted by molar-refractivity contribution is 5.79. The van der Waals surface area contributed by atoms with E-state index in [4.69, 9.17) is 0 Å². The van der Waals surface area contributed by atoms with Crippen LogP contribution in [0.4, 0.5) is 0 Å². The van der Waals surface area contributed by atoms with Crippen molar-refractivity contribution in [1.82, 2.24) is 24.8 Å². The highest BCUT2D eigenvalue weighted by Gasteiger charge is 2.44. The number of fused-ring (bicyclic) bond motifs is 3. The smallest absolute Gasteiger partial charge is 0.227 e. The molecule has 0 aromatic carbocycles. The molecule has 7 heteroatoms. The molecule has 3 aliphatic heterocycles. The lowest BCUT2D eigenvalue weighted by Crippen LogP contribution is -2.58. The van der Waals surface area contributed by atoms with E-state index in [-0.39, 0.29) is 11.8 Å². The van der Waals surface area contributed by atoms with Gasteiger partial charge in [0.25, 0.3) is 0 Å². The Morgan fingerprint density at radius 2 is 2.21 bits per heavy atom. The molecule has 4 aliphatic rings. The van der Waals surface area contributed by atoms with Crippen LogP contribution in [0.5, 0.6) is 0 Å². The van der Waals surface area contributed by atoms with Gasteiger partial charge in [-0.05, 0) is 38.1 Å². The zero-order valence-corrected chi connectivity index (χ0v) is 17.0. The van der Waals surface area contributed by atoms with Gasteiger partial charge in [0.15, 0.2) is 0 Å². The van der Waals surface area contributed by atoms with Gasteiger partial charge in [-0.2, -0.15) is 0 Å². The molecule has 0 radical (unpaired) electrons. The van der Waals surface area contributed by atoms with E-state index in [0.29, 0.717) is 18.5 Å². The molecule has 0 spiro atoms. The molecule has 154 valence electrons. The first-order valence-electron chi connectivity index (χ1n) is 10.7. The van der Waals surface area contributed by atoms with Crippen LogP contribution in [0.25, 0.3) is 0 Å². The van der Waals surface area contributed by atoms with Gasteiger partial charge in [-0.25, -0.2) is 0 Å². The number of aromatic nitrogens is 3. The summed E-state index contributed by atoms with van der Waals surface area (Å²) < 4.78 is 1.90. The third-order valence-electron chi connectivity index (χ3n) is 7.07. The van der Waals surface area contributed by atoms with E-state index in [2.05, 4.69) is 21.8 Å². The highest BCUT2D eigenvalue weighted by Crippen LogP contribution is 2.38. The number of carbonyl (C=O) groups is 1. The summed E-state index contributed by atoms with van der Waals surface area (Å²) in [6, 6.07) is 0.392. The summed E-state index contributed by atoms with van der Waals surface area (Å²) in [5, 5.41) is 19.5. The zero-order chi connectivity index (χ0) is 19.7. The van der Waals surface area contributed by atoms with Gasteiger partial charge in [-0.1, -0.05) is 30.6 Å². The van der Waals surface area contributed by atoms with Crippen LogP contribution in [-0.2, 0) is 16.9 Å². The number of hydrogen-bond acceptors (Lipinski definition) is 5. The molecule has 1 saturated carbocycles. The maximum Gasteiger partial charge on any atom is 0.227 e. The second-order valence-corrected chi connectivity index (χ2v) is 8.97. The first-order chi connectivity index (χ1) is 13.5. The Kier molecular flexibility index (Phi) is 5.56. The summed E-state index contributed by atoms with van der Waals surface area (Å²) in [7, 11) is 1.87. The number of rotatable bonds is 6. The molecular formula is C21H33N5O2. The first-order valence-corrected chi connectivity index (χ1v) is 10.7. The summed E-state index contributed by atoms with van der Waals surface area (Å²) in [5.74, 6) is 0.792. The molecule has 7 nitrogen and oxygen atoms in total. The van der Waals surface area contributed by atoms with Crippen LogP contribution in [0.15, 0.2) is 18.9 Å². The maximum absolute atomic E-state index is 12.8. The van der Waals surface area contributed by atoms with Crippen LogP contribution in [0.1, 0.15) is 50.6 Å². The van der Waals surface area contributed by atoms with Gasteiger partial charge in [-0.3, -0.25) is 14.4 Å². The van der Waals surface area contributed by atoms with E-state index in [1.54, 1.807) is 11.0 Å². The fourth-order valence-electron chi connectivity index (χ4n) is 5.38. The van der Waals surface area contributed by atoms with E-state index in [0.717, 1.165) is 63.9 Å². The van der Waals surface area contributed by atoms with Gasteiger partial charge in [0.1, 0.15) is 11.3 Å². The predicted molar refractivity (Wildman–Crippen MR) is 106 cm³/mol. The van der Waals surface area contributed by atoms with Gasteiger partial charge < -0.3 is 10.0 Å². The molecule has 5 rings (SSSR count). The topological polar surface area (TPSA) is 74.5 Å². The molecule has 2 bridgehead atoms. The van der Waals surface area contributed by atoms with Crippen molar-refractivity contribution in [2.45, 2.75) is 63.1 Å². The molecule has 28 heavy (non-hydrogen) atoms. The minimum atomic E-state index is -0.796. The largest absolute Gasteiger partial charge is 0.383 e. The van der Waals surface area contributed by atoms with Crippen molar-refractivity contribution in [2.24, 2.45) is 11.8 Å². The number of carbonyl (C=O) groups excluding carboxylic acids is 1. The standard InChI is InChI=1S/C21H33N5O2/c1-3-10-24(2)20(27)18-14-25-11-7-16(18)12-17(25)13-26-15-19(22-23-26)21(28)8-5-4-6-9-21/h3,15-18,28H,1,4-14H2,2H3/t16-,17-,18+/m1/s1. The van der Waals surface area contributed by atoms with Crippen molar-refractivity contribution in [1.29, 1.82) is 0 Å². The van der Waals surface area contributed by atoms with Crippen molar-refractivity contribution in [3.05, 3.63) is 24.5 Å². The lowest BCUT2D eigenvalue weighted by atomic mass is 9.75. The summed E-state index contributed by atoms with van der Waals surface area (Å²) in [6.07, 6.45) is 10.7. The second-order valence-electron chi connectivity index (χ2n) is 8.97. The summed E-state index contributed by atoms with van der Waals surface area (Å²) in [6.45, 7) is 7.01. The zero-order valence-electron chi connectivity index (χ0n) is 17.0. The number of nitrogens with zero attached hydrogens (tertiary/aromatic N) is 5. The molecule has 1 aromatic heterocycles. The maximum atomic E-state index is 12.8. The molecule has 1 N–H and O–H groups in total. The van der Waals surface area contributed by atoms with Gasteiger partial charge in [0.2, 0.25) is 5.91 Å². The molecule has 1 unspecified atom stereocenters. The minimum Gasteiger partial charge on any atom is -0.383 e. The number of amides is 1. The van der Waals surface area contributed by atoms with Crippen LogP contribution < -0.4 is 0 Å². The van der Waals surface area contributed by atoms with Crippen molar-refractivity contribution >= 4 is 5.91 Å². The van der Waals surface area contributed by atoms with E-state index in [1.807, 2.05) is 17.9 Å². The van der Waals surface area contributed by atoms with Gasteiger partial charge >= 0.3 is 0 Å². The number of piperidine rings is 3. The molecule has 4 heterocycles. The Morgan fingerprint density at radius 3 is 2.89 bits per heavy atom. The Balaban J connectivity index is 1.39. The predicted octanol–water partition coefficient (Wildman–Crippen LogP) is 1.78. The summed E-state index contributed by atoms with van der Waals surface area (Å²) in [4.78, 5) is 17.0. The lowest BCUT2D eigenvalue weighted by Gasteiger charge is -2.49. The molecular weight excluding hydrogens is 354 g/mol. The minimum absolute atomic E-state index is 0.101. The second kappa shape index (κ2) is 7.95. The van der Waals surface area contributed by atoms with Gasteiger partial charge in [-0.15, -0.1) is 11.7 Å². The van der Waals surface area contributed by atoms with Gasteiger partial charge in [0, 0.05) is 26.2 Å². The Hall–Kier alpha value is -1.73. The van der Waals surface area contributed by atoms with Crippen LogP contribution in [0.3, 0.4) is 0 Å². The third kappa shape index (κ3) is 3.74. The van der Waals surface area contributed by atoms with Crippen LogP contribution >= 0.6 is 0 Å². The molecule has 1 aliphatic carbocycles. The molecule has 1 aromatic rings. The Bertz CT molecular complexity index is 711. The van der Waals surface area contributed by atoms with Crippen molar-refractivity contribution in [3.63, 3.8) is 0 Å². The number of likely N-dealkylation sites (N-methyl/N-ethyl adjacent to an activating group) is 1. The van der Waals surface area contributed by atoms with E-state index in [9.17, 15) is 9.90 Å². The van der Waals surface area contributed by atoms with Gasteiger partial charge in [0.05, 0.1) is 18.7 Å². The van der Waals surface area contributed by atoms with E-state index in [1.165, 1.54) is 6.42 Å². The van der Waals surface area contributed by atoms with Crippen LogP contribution in [0, 0.1) is 11.8 Å². The highest BCUT2D eigenvalue weighted by atomic mass is 16.3. The Morgan fingerprint density at radius 1 is 1.43 bits per heavy atom. The molecule has 4 atom stereocenters. The molecule has 1 amide bonds. The van der Waals surface area contributed by atoms with Crippen molar-refractivity contribution in [3.8, 4) is 0 Å². The lowest BCUT2D eigenvalue weighted by molar-refractivity contribution is -0.142. The normalized spacial score (nSPS) is 31.5. The van der Waals surface area contributed by atoms with Crippen LogP contribution in [-0.4, -0.2) is 68.5 Å². The fraction of sp³-hybridized carbons (Fsp3) is 0.762. The van der Waals surface area contributed by atoms with Crippen molar-refractivity contribution in [2.75, 3.05) is 26.7 Å². The third-order valence-corrected chi connectivity index (χ3v) is 7.07.